The van der Waals surface area contributed by atoms with Gasteiger partial charge in [0.25, 0.3) is 0 Å². The van der Waals surface area contributed by atoms with E-state index >= 15 is 0 Å². The number of benzene rings is 1. The van der Waals surface area contributed by atoms with Crippen molar-refractivity contribution in [3.8, 4) is 0 Å². The van der Waals surface area contributed by atoms with Gasteiger partial charge < -0.3 is 15.2 Å². The van der Waals surface area contributed by atoms with Crippen molar-refractivity contribution in [3.05, 3.63) is 29.3 Å². The Balaban J connectivity index is 0.00000441. The van der Waals surface area contributed by atoms with E-state index < -0.39 is 35.8 Å². The van der Waals surface area contributed by atoms with Crippen molar-refractivity contribution in [2.45, 2.75) is 33.6 Å². The van der Waals surface area contributed by atoms with Gasteiger partial charge in [-0.15, -0.1) is 0 Å². The number of anilines is 1. The van der Waals surface area contributed by atoms with Crippen LogP contribution in [0.2, 0.25) is 0 Å². The van der Waals surface area contributed by atoms with E-state index in [0.29, 0.717) is 6.42 Å². The zero-order valence-corrected chi connectivity index (χ0v) is 15.2. The number of carbonyl (C=O) groups excluding carboxylic acids is 2. The maximum Gasteiger partial charge on any atom is 1.00 e. The van der Waals surface area contributed by atoms with Crippen molar-refractivity contribution >= 4 is 17.6 Å². The van der Waals surface area contributed by atoms with Gasteiger partial charge >= 0.3 is 29.6 Å². The maximum atomic E-state index is 13.4. The second-order valence-electron chi connectivity index (χ2n) is 5.43. The number of aliphatic carboxylic acids is 1. The monoisotopic (exact) mass is 321 g/mol. The molecule has 1 unspecified atom stereocenters. The van der Waals surface area contributed by atoms with Crippen LogP contribution >= 0.6 is 0 Å². The molecule has 1 aromatic rings. The van der Waals surface area contributed by atoms with Gasteiger partial charge in [-0.3, -0.25) is 4.79 Å². The second-order valence-corrected chi connectivity index (χ2v) is 5.43. The number of hydrogen-bond donors (Lipinski definition) is 1. The fraction of sp³-hybridized carbons (Fsp3) is 0.467. The first-order valence-electron chi connectivity index (χ1n) is 6.67. The minimum Gasteiger partial charge on any atom is -0.550 e. The van der Waals surface area contributed by atoms with E-state index in [9.17, 15) is 23.5 Å². The molecule has 0 spiro atoms. The standard InChI is InChI=1S/C15H19F2NO3.Na/c1-8(2)6-10(7-13(19)20)15(21)18-12-5-4-11(16)14(17)9(12)3;/h4-5,8,10H,6-7H2,1-3H3,(H,18,21)(H,19,20);/q;+1/p-1. The van der Waals surface area contributed by atoms with E-state index in [0.717, 1.165) is 6.07 Å². The number of amides is 1. The zero-order valence-electron chi connectivity index (χ0n) is 13.2. The Labute approximate surface area is 150 Å². The van der Waals surface area contributed by atoms with Gasteiger partial charge in [0.1, 0.15) is 0 Å². The van der Waals surface area contributed by atoms with Crippen molar-refractivity contribution in [2.24, 2.45) is 11.8 Å². The summed E-state index contributed by atoms with van der Waals surface area (Å²) < 4.78 is 26.5. The Morgan fingerprint density at radius 1 is 1.27 bits per heavy atom. The molecule has 1 aromatic carbocycles. The molecule has 1 rings (SSSR count). The summed E-state index contributed by atoms with van der Waals surface area (Å²) >= 11 is 0. The van der Waals surface area contributed by atoms with Crippen molar-refractivity contribution in [1.29, 1.82) is 0 Å². The van der Waals surface area contributed by atoms with Gasteiger partial charge in [0.15, 0.2) is 11.6 Å². The topological polar surface area (TPSA) is 69.2 Å². The molecule has 1 N–H and O–H groups in total. The average Bonchev–Trinajstić information content (AvgIpc) is 2.37. The van der Waals surface area contributed by atoms with Crippen molar-refractivity contribution in [3.63, 3.8) is 0 Å². The number of rotatable bonds is 6. The van der Waals surface area contributed by atoms with Gasteiger partial charge in [-0.25, -0.2) is 8.78 Å². The smallest absolute Gasteiger partial charge is 0.550 e. The molecule has 0 aliphatic heterocycles. The Kier molecular flexibility index (Phi) is 8.81. The van der Waals surface area contributed by atoms with Crippen LogP contribution in [0.5, 0.6) is 0 Å². The molecule has 7 heteroatoms. The number of carboxylic acid groups (broad SMARTS) is 1. The van der Waals surface area contributed by atoms with Crippen LogP contribution in [0, 0.1) is 30.4 Å². The van der Waals surface area contributed by atoms with Crippen LogP contribution in [0.4, 0.5) is 14.5 Å². The molecule has 0 saturated heterocycles. The SMILES string of the molecule is Cc1c(NC(=O)C(CC(=O)[O-])CC(C)C)ccc(F)c1F.[Na+]. The van der Waals surface area contributed by atoms with Crippen LogP contribution in [-0.4, -0.2) is 11.9 Å². The normalized spacial score (nSPS) is 11.7. The van der Waals surface area contributed by atoms with Crippen molar-refractivity contribution < 1.29 is 53.0 Å². The summed E-state index contributed by atoms with van der Waals surface area (Å²) in [4.78, 5) is 22.8. The summed E-state index contributed by atoms with van der Waals surface area (Å²) in [6.07, 6.45) is -0.0464. The first kappa shape index (κ1) is 21.0. The summed E-state index contributed by atoms with van der Waals surface area (Å²) in [5.41, 5.74) is 0.103. The Morgan fingerprint density at radius 3 is 2.36 bits per heavy atom. The van der Waals surface area contributed by atoms with Gasteiger partial charge in [0.05, 0.1) is 0 Å². The van der Waals surface area contributed by atoms with Gasteiger partial charge in [0.2, 0.25) is 5.91 Å². The Hall–Kier alpha value is -0.980. The van der Waals surface area contributed by atoms with Crippen LogP contribution in [0.25, 0.3) is 0 Å². The molecule has 0 bridgehead atoms. The molecule has 0 aliphatic rings. The van der Waals surface area contributed by atoms with Crippen LogP contribution < -0.4 is 40.0 Å². The Bertz CT molecular complexity index is 550. The molecule has 0 heterocycles. The number of nitrogens with one attached hydrogen (secondary N) is 1. The minimum atomic E-state index is -1.32. The largest absolute Gasteiger partial charge is 1.00 e. The molecule has 22 heavy (non-hydrogen) atoms. The quantitative estimate of drug-likeness (QED) is 0.685. The third kappa shape index (κ3) is 6.02. The van der Waals surface area contributed by atoms with Crippen LogP contribution in [0.1, 0.15) is 32.3 Å². The molecule has 116 valence electrons. The first-order chi connectivity index (χ1) is 9.72. The molecule has 0 aromatic heterocycles. The van der Waals surface area contributed by atoms with E-state index in [-0.39, 0.29) is 46.7 Å². The molecule has 0 saturated carbocycles. The van der Waals surface area contributed by atoms with Crippen molar-refractivity contribution in [2.75, 3.05) is 5.32 Å². The predicted molar refractivity (Wildman–Crippen MR) is 72.3 cm³/mol. The average molecular weight is 321 g/mol. The van der Waals surface area contributed by atoms with E-state index in [4.69, 9.17) is 0 Å². The maximum absolute atomic E-state index is 13.4. The van der Waals surface area contributed by atoms with Crippen LogP contribution in [0.15, 0.2) is 12.1 Å². The van der Waals surface area contributed by atoms with Gasteiger partial charge in [-0.2, -0.15) is 0 Å². The molecule has 0 aliphatic carbocycles. The summed E-state index contributed by atoms with van der Waals surface area (Å²) in [7, 11) is 0. The summed E-state index contributed by atoms with van der Waals surface area (Å²) in [5.74, 6) is -4.56. The fourth-order valence-electron chi connectivity index (χ4n) is 2.08. The van der Waals surface area contributed by atoms with Crippen molar-refractivity contribution in [1.82, 2.24) is 0 Å². The molecular weight excluding hydrogens is 303 g/mol. The van der Waals surface area contributed by atoms with Crippen LogP contribution in [0.3, 0.4) is 0 Å². The fourth-order valence-corrected chi connectivity index (χ4v) is 2.08. The second kappa shape index (κ2) is 9.22. The van der Waals surface area contributed by atoms with E-state index in [1.807, 2.05) is 13.8 Å². The molecule has 4 nitrogen and oxygen atoms in total. The molecule has 1 amide bonds. The summed E-state index contributed by atoms with van der Waals surface area (Å²) in [6, 6.07) is 2.16. The van der Waals surface area contributed by atoms with Gasteiger partial charge in [-0.1, -0.05) is 13.8 Å². The molecule has 1 atom stereocenters. The Morgan fingerprint density at radius 2 is 1.86 bits per heavy atom. The summed E-state index contributed by atoms with van der Waals surface area (Å²) in [6.45, 7) is 5.06. The van der Waals surface area contributed by atoms with Gasteiger partial charge in [-0.05, 0) is 37.8 Å². The number of carboxylic acids is 1. The molecule has 0 radical (unpaired) electrons. The number of hydrogen-bond acceptors (Lipinski definition) is 3. The summed E-state index contributed by atoms with van der Waals surface area (Å²) in [5, 5.41) is 13.2. The van der Waals surface area contributed by atoms with E-state index in [2.05, 4.69) is 5.32 Å². The van der Waals surface area contributed by atoms with Crippen LogP contribution in [-0.2, 0) is 9.59 Å². The predicted octanol–water partition coefficient (Wildman–Crippen LogP) is -0.982. The van der Waals surface area contributed by atoms with E-state index in [1.54, 1.807) is 0 Å². The van der Waals surface area contributed by atoms with Gasteiger partial charge in [0, 0.05) is 23.1 Å². The molecule has 0 fully saturated rings. The number of halogens is 2. The number of carbonyl (C=O) groups is 2. The third-order valence-corrected chi connectivity index (χ3v) is 3.14. The molecular formula is C15H18F2NNaO3. The van der Waals surface area contributed by atoms with E-state index in [1.165, 1.54) is 13.0 Å². The first-order valence-corrected chi connectivity index (χ1v) is 6.67. The minimum absolute atomic E-state index is 0. The zero-order chi connectivity index (χ0) is 16.2. The third-order valence-electron chi connectivity index (χ3n) is 3.14.